The van der Waals surface area contributed by atoms with E-state index in [-0.39, 0.29) is 31.5 Å². The number of fused-ring (bicyclic) bond motifs is 1. The summed E-state index contributed by atoms with van der Waals surface area (Å²) in [6, 6.07) is 2.10. The van der Waals surface area contributed by atoms with Crippen molar-refractivity contribution in [2.45, 2.75) is 116 Å². The zero-order valence-electron chi connectivity index (χ0n) is 33.7. The highest BCUT2D eigenvalue weighted by atomic mass is 19.1. The number of ketones is 1. The van der Waals surface area contributed by atoms with Gasteiger partial charge in [0.05, 0.1) is 6.20 Å². The van der Waals surface area contributed by atoms with Crippen LogP contribution in [0, 0.1) is 23.7 Å². The molecule has 0 radical (unpaired) electrons. The maximum Gasteiger partial charge on any atom is 0.326 e. The van der Waals surface area contributed by atoms with E-state index in [1.807, 2.05) is 6.92 Å². The SMILES string of the molecule is CCCCC/C=C/C(NC(=O)C1[C@H]2CC[C@H](F)[C@H]2CN1C(=O)C(NC(=O)C(NC(=O)c1cnccn1)C(C)C)C(C)C)C(=O)C(=O)N[C@@H](Cc1ccccc1)C(=O)O. The minimum atomic E-state index is -1.52. The third-order valence-electron chi connectivity index (χ3n) is 10.7. The first kappa shape index (κ1) is 45.2. The summed E-state index contributed by atoms with van der Waals surface area (Å²) < 4.78 is 15.3. The molecule has 16 heteroatoms. The van der Waals surface area contributed by atoms with Crippen molar-refractivity contribution in [2.75, 3.05) is 6.54 Å². The number of hydrogen-bond donors (Lipinski definition) is 5. The van der Waals surface area contributed by atoms with Crippen molar-refractivity contribution in [3.8, 4) is 0 Å². The van der Waals surface area contributed by atoms with Crippen molar-refractivity contribution in [3.05, 3.63) is 72.3 Å². The second-order valence-corrected chi connectivity index (χ2v) is 15.7. The zero-order valence-corrected chi connectivity index (χ0v) is 33.7. The van der Waals surface area contributed by atoms with E-state index in [1.54, 1.807) is 64.1 Å². The lowest BCUT2D eigenvalue weighted by molar-refractivity contribution is -0.146. The van der Waals surface area contributed by atoms with Gasteiger partial charge < -0.3 is 31.3 Å². The summed E-state index contributed by atoms with van der Waals surface area (Å²) in [7, 11) is 0. The topological polar surface area (TPSA) is 217 Å². The van der Waals surface area contributed by atoms with Crippen LogP contribution in [0.2, 0.25) is 0 Å². The highest BCUT2D eigenvalue weighted by Gasteiger charge is 2.55. The van der Waals surface area contributed by atoms with Gasteiger partial charge in [-0.25, -0.2) is 14.2 Å². The van der Waals surface area contributed by atoms with E-state index in [9.17, 15) is 38.7 Å². The molecule has 1 aromatic heterocycles. The average Bonchev–Trinajstić information content (AvgIpc) is 3.76. The summed E-state index contributed by atoms with van der Waals surface area (Å²) in [4.78, 5) is 104. The van der Waals surface area contributed by atoms with Crippen molar-refractivity contribution in [2.24, 2.45) is 23.7 Å². The van der Waals surface area contributed by atoms with Gasteiger partial charge in [0.2, 0.25) is 23.5 Å². The first-order chi connectivity index (χ1) is 27.6. The predicted octanol–water partition coefficient (Wildman–Crippen LogP) is 2.95. The van der Waals surface area contributed by atoms with Crippen molar-refractivity contribution >= 4 is 41.3 Å². The van der Waals surface area contributed by atoms with Gasteiger partial charge in [0, 0.05) is 31.3 Å². The molecule has 2 aromatic rings. The number of carbonyl (C=O) groups excluding carboxylic acids is 6. The van der Waals surface area contributed by atoms with Gasteiger partial charge >= 0.3 is 5.97 Å². The van der Waals surface area contributed by atoms with Gasteiger partial charge in [-0.05, 0) is 49.0 Å². The molecule has 15 nitrogen and oxygen atoms in total. The van der Waals surface area contributed by atoms with E-state index in [0.717, 1.165) is 19.3 Å². The Morgan fingerprint density at radius 2 is 1.60 bits per heavy atom. The Hall–Kier alpha value is -5.54. The molecular weight excluding hydrogens is 750 g/mol. The second-order valence-electron chi connectivity index (χ2n) is 15.7. The molecule has 2 aliphatic rings. The molecular formula is C42H56FN7O8. The highest BCUT2D eigenvalue weighted by molar-refractivity contribution is 6.39. The Bertz CT molecular complexity index is 1790. The van der Waals surface area contributed by atoms with Crippen LogP contribution in [0.4, 0.5) is 4.39 Å². The predicted molar refractivity (Wildman–Crippen MR) is 211 cm³/mol. The number of unbranched alkanes of at least 4 members (excludes halogenated alkanes) is 3. The third-order valence-corrected chi connectivity index (χ3v) is 10.7. The van der Waals surface area contributed by atoms with Crippen LogP contribution in [0.15, 0.2) is 61.1 Å². The largest absolute Gasteiger partial charge is 0.480 e. The van der Waals surface area contributed by atoms with E-state index in [2.05, 4.69) is 31.2 Å². The first-order valence-electron chi connectivity index (χ1n) is 20.0. The summed E-state index contributed by atoms with van der Waals surface area (Å²) in [5, 5.41) is 20.2. The summed E-state index contributed by atoms with van der Waals surface area (Å²) in [6.45, 7) is 8.75. The summed E-state index contributed by atoms with van der Waals surface area (Å²) in [5.41, 5.74) is 0.614. The number of carbonyl (C=O) groups is 7. The molecule has 5 amide bonds. The molecule has 314 valence electrons. The number of amides is 5. The number of benzene rings is 1. The molecule has 1 saturated heterocycles. The Morgan fingerprint density at radius 1 is 0.897 bits per heavy atom. The number of carboxylic acids is 1. The molecule has 1 aliphatic heterocycles. The first-order valence-corrected chi connectivity index (χ1v) is 20.0. The third kappa shape index (κ3) is 11.8. The minimum Gasteiger partial charge on any atom is -0.480 e. The minimum absolute atomic E-state index is 0.00497. The van der Waals surface area contributed by atoms with Crippen LogP contribution in [-0.2, 0) is 35.2 Å². The van der Waals surface area contributed by atoms with E-state index in [1.165, 1.54) is 29.6 Å². The number of likely N-dealkylation sites (tertiary alicyclic amines) is 1. The number of allylic oxidation sites excluding steroid dienone is 1. The Morgan fingerprint density at radius 3 is 2.22 bits per heavy atom. The van der Waals surface area contributed by atoms with Crippen LogP contribution in [0.5, 0.6) is 0 Å². The molecule has 4 rings (SSSR count). The number of nitrogens with one attached hydrogen (secondary N) is 4. The number of nitrogens with zero attached hydrogens (tertiary/aromatic N) is 3. The molecule has 5 N–H and O–H groups in total. The fourth-order valence-electron chi connectivity index (χ4n) is 7.53. The molecule has 1 aliphatic carbocycles. The normalized spacial score (nSPS) is 20.9. The molecule has 1 aromatic carbocycles. The van der Waals surface area contributed by atoms with Crippen molar-refractivity contribution in [3.63, 3.8) is 0 Å². The van der Waals surface area contributed by atoms with Crippen LogP contribution in [0.1, 0.15) is 89.2 Å². The van der Waals surface area contributed by atoms with Gasteiger partial charge in [0.25, 0.3) is 11.8 Å². The van der Waals surface area contributed by atoms with Crippen LogP contribution in [0.3, 0.4) is 0 Å². The van der Waals surface area contributed by atoms with Crippen LogP contribution < -0.4 is 21.3 Å². The summed E-state index contributed by atoms with van der Waals surface area (Å²) in [5.74, 6) is -8.63. The molecule has 2 fully saturated rings. The lowest BCUT2D eigenvalue weighted by Crippen LogP contribution is -2.60. The average molecular weight is 806 g/mol. The van der Waals surface area contributed by atoms with E-state index < -0.39 is 101 Å². The number of aliphatic carboxylic acids is 1. The maximum absolute atomic E-state index is 15.3. The number of carboxylic acid groups (broad SMARTS) is 1. The van der Waals surface area contributed by atoms with Crippen LogP contribution in [0.25, 0.3) is 0 Å². The van der Waals surface area contributed by atoms with Crippen LogP contribution in [-0.4, -0.2) is 104 Å². The number of Topliss-reactive ketones (excluding diaryl/α,β-unsaturated/α-hetero) is 1. The standard InChI is InChI=1S/C42H56FN7O8/c1-6-7-8-9-13-16-30(36(51)40(55)47-31(42(57)58)21-26-14-11-10-12-15-26)46-39(54)35-27-17-18-29(43)28(27)23-50(35)41(56)34(25(4)5)49-38(53)33(24(2)3)48-37(52)32-22-44-19-20-45-32/h10-16,19-20,22,24-25,27-31,33-35H,6-9,17-18,21,23H2,1-5H3,(H,46,54)(H,47,55)(H,48,52)(H,49,53)(H,57,58)/b16-13+/t27-,28-,29-,30?,31-,33?,34?,35?/m0/s1. The smallest absolute Gasteiger partial charge is 0.326 e. The zero-order chi connectivity index (χ0) is 42.5. The number of hydrogen-bond acceptors (Lipinski definition) is 9. The van der Waals surface area contributed by atoms with Gasteiger partial charge in [-0.1, -0.05) is 89.9 Å². The lowest BCUT2D eigenvalue weighted by atomic mass is 9.92. The molecule has 0 bridgehead atoms. The molecule has 8 atom stereocenters. The van der Waals surface area contributed by atoms with Crippen molar-refractivity contribution in [1.82, 2.24) is 36.1 Å². The summed E-state index contributed by atoms with van der Waals surface area (Å²) in [6.07, 6.45) is 9.26. The Labute approximate surface area is 338 Å². The quantitative estimate of drug-likeness (QED) is 0.0749. The monoisotopic (exact) mass is 805 g/mol. The van der Waals surface area contributed by atoms with Crippen LogP contribution >= 0.6 is 0 Å². The molecule has 1 saturated carbocycles. The molecule has 2 heterocycles. The van der Waals surface area contributed by atoms with Gasteiger partial charge in [-0.15, -0.1) is 0 Å². The van der Waals surface area contributed by atoms with E-state index in [4.69, 9.17) is 0 Å². The van der Waals surface area contributed by atoms with E-state index in [0.29, 0.717) is 12.0 Å². The number of halogens is 1. The van der Waals surface area contributed by atoms with Gasteiger partial charge in [-0.3, -0.25) is 33.8 Å². The second kappa shape index (κ2) is 21.3. The Kier molecular flexibility index (Phi) is 16.6. The summed E-state index contributed by atoms with van der Waals surface area (Å²) >= 11 is 0. The Balaban J connectivity index is 1.57. The van der Waals surface area contributed by atoms with E-state index >= 15 is 4.39 Å². The molecule has 58 heavy (non-hydrogen) atoms. The highest BCUT2D eigenvalue weighted by Crippen LogP contribution is 2.44. The molecule has 4 unspecified atom stereocenters. The van der Waals surface area contributed by atoms with Gasteiger partial charge in [0.15, 0.2) is 0 Å². The van der Waals surface area contributed by atoms with Crippen molar-refractivity contribution in [1.29, 1.82) is 0 Å². The van der Waals surface area contributed by atoms with Gasteiger partial charge in [0.1, 0.15) is 42.1 Å². The number of rotatable bonds is 20. The molecule has 0 spiro atoms. The fraction of sp³-hybridized carbons (Fsp3) is 0.548. The van der Waals surface area contributed by atoms with Gasteiger partial charge in [-0.2, -0.15) is 0 Å². The number of aromatic nitrogens is 2. The number of alkyl halides is 1. The maximum atomic E-state index is 15.3. The lowest BCUT2D eigenvalue weighted by Gasteiger charge is -2.33. The van der Waals surface area contributed by atoms with Crippen molar-refractivity contribution < 1.29 is 43.1 Å². The fourth-order valence-corrected chi connectivity index (χ4v) is 7.53.